The number of nitrogens with zero attached hydrogens (tertiary/aromatic N) is 1. The second kappa shape index (κ2) is 9.57. The number of unbranched alkanes of at least 4 members (excludes halogenated alkanes) is 2. The molecule has 0 aliphatic carbocycles. The molecule has 0 aromatic rings. The van der Waals surface area contributed by atoms with Crippen LogP contribution in [0.15, 0.2) is 0 Å². The lowest BCUT2D eigenvalue weighted by Gasteiger charge is -2.46. The van der Waals surface area contributed by atoms with E-state index in [4.69, 9.17) is 8.85 Å². The maximum Gasteiger partial charge on any atom is 0.334 e. The van der Waals surface area contributed by atoms with E-state index < -0.39 is 16.8 Å². The Morgan fingerprint density at radius 1 is 0.864 bits per heavy atom. The summed E-state index contributed by atoms with van der Waals surface area (Å²) in [5.74, 6) is 0. The van der Waals surface area contributed by atoms with Gasteiger partial charge in [0.15, 0.2) is 0 Å². The van der Waals surface area contributed by atoms with E-state index in [1.54, 1.807) is 14.2 Å². The van der Waals surface area contributed by atoms with Crippen LogP contribution in [-0.4, -0.2) is 48.7 Å². The minimum atomic E-state index is -1.88. The highest BCUT2D eigenvalue weighted by molar-refractivity contribution is 6.77. The van der Waals surface area contributed by atoms with Gasteiger partial charge in [-0.05, 0) is 43.6 Å². The molecule has 0 saturated carbocycles. The number of hydrogen-bond acceptors (Lipinski definition) is 3. The van der Waals surface area contributed by atoms with E-state index in [0.717, 1.165) is 6.04 Å². The van der Waals surface area contributed by atoms with Crippen molar-refractivity contribution in [1.29, 1.82) is 0 Å². The zero-order valence-corrected chi connectivity index (χ0v) is 18.7. The third-order valence-electron chi connectivity index (χ3n) is 5.58. The van der Waals surface area contributed by atoms with Crippen molar-refractivity contribution in [3.05, 3.63) is 0 Å². The summed E-state index contributed by atoms with van der Waals surface area (Å²) in [7, 11) is 0.295. The SMILES string of the molecule is CCCCN(CCCC[Si](C)(OC)OC)[Si](C)(C)C(C)(C)C. The topological polar surface area (TPSA) is 21.7 Å². The standard InChI is InChI=1S/C17H41NO2Si2/c1-10-11-14-18(21(7,8)17(2,3)4)15-12-13-16-22(9,19-5)20-6/h10-16H2,1-9H3. The number of hydrogen-bond donors (Lipinski definition) is 0. The Kier molecular flexibility index (Phi) is 9.71. The van der Waals surface area contributed by atoms with E-state index in [1.807, 2.05) is 0 Å². The van der Waals surface area contributed by atoms with Crippen molar-refractivity contribution < 1.29 is 8.85 Å². The first kappa shape index (κ1) is 22.3. The quantitative estimate of drug-likeness (QED) is 0.377. The normalized spacial score (nSPS) is 13.9. The van der Waals surface area contributed by atoms with Gasteiger partial charge in [-0.1, -0.05) is 53.6 Å². The van der Waals surface area contributed by atoms with Gasteiger partial charge < -0.3 is 13.4 Å². The van der Waals surface area contributed by atoms with Crippen LogP contribution >= 0.6 is 0 Å². The monoisotopic (exact) mass is 347 g/mol. The van der Waals surface area contributed by atoms with Crippen molar-refractivity contribution in [2.75, 3.05) is 27.3 Å². The van der Waals surface area contributed by atoms with E-state index in [2.05, 4.69) is 51.9 Å². The van der Waals surface area contributed by atoms with Crippen LogP contribution in [0.25, 0.3) is 0 Å². The van der Waals surface area contributed by atoms with Gasteiger partial charge in [-0.2, -0.15) is 0 Å². The average molecular weight is 348 g/mol. The van der Waals surface area contributed by atoms with Gasteiger partial charge in [0.05, 0.1) is 0 Å². The van der Waals surface area contributed by atoms with Crippen molar-refractivity contribution in [2.24, 2.45) is 0 Å². The van der Waals surface area contributed by atoms with E-state index >= 15 is 0 Å². The third-order valence-corrected chi connectivity index (χ3v) is 14.3. The second-order valence-electron chi connectivity index (χ2n) is 8.15. The Balaban J connectivity index is 4.56. The van der Waals surface area contributed by atoms with Gasteiger partial charge in [-0.25, -0.2) is 0 Å². The van der Waals surface area contributed by atoms with Crippen molar-refractivity contribution in [2.45, 2.75) is 84.1 Å². The van der Waals surface area contributed by atoms with Crippen LogP contribution in [0.2, 0.25) is 30.7 Å². The molecule has 0 amide bonds. The number of rotatable bonds is 11. The predicted octanol–water partition coefficient (Wildman–Crippen LogP) is 5.24. The first-order valence-corrected chi connectivity index (χ1v) is 14.4. The first-order chi connectivity index (χ1) is 10.0. The van der Waals surface area contributed by atoms with Gasteiger partial charge in [0.25, 0.3) is 0 Å². The molecule has 22 heavy (non-hydrogen) atoms. The van der Waals surface area contributed by atoms with Gasteiger partial charge in [-0.3, -0.25) is 0 Å². The lowest BCUT2D eigenvalue weighted by Crippen LogP contribution is -2.55. The summed E-state index contributed by atoms with van der Waals surface area (Å²) >= 11 is 0. The Hall–Kier alpha value is 0.314. The smallest absolute Gasteiger partial charge is 0.334 e. The first-order valence-electron chi connectivity index (χ1n) is 8.89. The van der Waals surface area contributed by atoms with E-state index in [0.29, 0.717) is 5.04 Å². The highest BCUT2D eigenvalue weighted by Gasteiger charge is 2.40. The van der Waals surface area contributed by atoms with Crippen LogP contribution in [0.4, 0.5) is 0 Å². The molecule has 0 aromatic heterocycles. The Morgan fingerprint density at radius 3 is 1.77 bits per heavy atom. The third kappa shape index (κ3) is 6.83. The van der Waals surface area contributed by atoms with Crippen LogP contribution < -0.4 is 0 Å². The van der Waals surface area contributed by atoms with Crippen LogP contribution in [0.5, 0.6) is 0 Å². The summed E-state index contributed by atoms with van der Waals surface area (Å²) in [6.07, 6.45) is 5.06. The van der Waals surface area contributed by atoms with E-state index in [-0.39, 0.29) is 0 Å². The molecular weight excluding hydrogens is 306 g/mol. The molecule has 0 N–H and O–H groups in total. The average Bonchev–Trinajstić information content (AvgIpc) is 2.44. The molecule has 0 fully saturated rings. The summed E-state index contributed by atoms with van der Waals surface area (Å²) in [4.78, 5) is 0. The fourth-order valence-electron chi connectivity index (χ4n) is 2.53. The van der Waals surface area contributed by atoms with Crippen molar-refractivity contribution >= 4 is 16.8 Å². The molecule has 0 aromatic carbocycles. The van der Waals surface area contributed by atoms with E-state index in [9.17, 15) is 0 Å². The Labute approximate surface area is 142 Å². The lowest BCUT2D eigenvalue weighted by atomic mass is 10.2. The summed E-state index contributed by atoms with van der Waals surface area (Å²) in [6, 6.07) is 1.10. The van der Waals surface area contributed by atoms with Crippen molar-refractivity contribution in [3.8, 4) is 0 Å². The summed E-state index contributed by atoms with van der Waals surface area (Å²) in [6.45, 7) is 19.3. The maximum atomic E-state index is 5.59. The summed E-state index contributed by atoms with van der Waals surface area (Å²) in [5, 5.41) is 0.420. The molecule has 5 heteroatoms. The molecule has 0 bridgehead atoms. The molecule has 0 rings (SSSR count). The predicted molar refractivity (Wildman–Crippen MR) is 103 cm³/mol. The van der Waals surface area contributed by atoms with Crippen LogP contribution in [0.3, 0.4) is 0 Å². The highest BCUT2D eigenvalue weighted by atomic mass is 28.4. The Bertz CT molecular complexity index is 300. The molecule has 0 atom stereocenters. The van der Waals surface area contributed by atoms with Gasteiger partial charge in [0.1, 0.15) is 8.24 Å². The summed E-state index contributed by atoms with van der Waals surface area (Å²) < 4.78 is 14.0. The molecule has 3 nitrogen and oxygen atoms in total. The van der Waals surface area contributed by atoms with Crippen molar-refractivity contribution in [1.82, 2.24) is 4.57 Å². The molecule has 0 saturated heterocycles. The fourth-order valence-corrected chi connectivity index (χ4v) is 6.38. The molecule has 0 heterocycles. The maximum absolute atomic E-state index is 5.59. The zero-order valence-electron chi connectivity index (χ0n) is 16.7. The molecule has 0 radical (unpaired) electrons. The molecule has 134 valence electrons. The minimum absolute atomic E-state index is 0.420. The highest BCUT2D eigenvalue weighted by Crippen LogP contribution is 2.38. The second-order valence-corrected chi connectivity index (χ2v) is 17.0. The molecule has 0 unspecified atom stereocenters. The van der Waals surface area contributed by atoms with Crippen molar-refractivity contribution in [3.63, 3.8) is 0 Å². The zero-order chi connectivity index (χ0) is 17.4. The van der Waals surface area contributed by atoms with Gasteiger partial charge in [0.2, 0.25) is 0 Å². The summed E-state index contributed by atoms with van der Waals surface area (Å²) in [5.41, 5.74) is 0. The van der Waals surface area contributed by atoms with E-state index in [1.165, 1.54) is 38.8 Å². The fraction of sp³-hybridized carbons (Fsp3) is 1.00. The van der Waals surface area contributed by atoms with Crippen LogP contribution in [0, 0.1) is 0 Å². The molecular formula is C17H41NO2Si2. The van der Waals surface area contributed by atoms with Crippen LogP contribution in [-0.2, 0) is 8.85 Å². The van der Waals surface area contributed by atoms with Gasteiger partial charge in [-0.15, -0.1) is 0 Å². The molecule has 0 aliphatic heterocycles. The molecule has 0 spiro atoms. The molecule has 0 aliphatic rings. The van der Waals surface area contributed by atoms with Gasteiger partial charge in [0, 0.05) is 14.2 Å². The largest absolute Gasteiger partial charge is 0.398 e. The Morgan fingerprint density at radius 2 is 1.36 bits per heavy atom. The van der Waals surface area contributed by atoms with Crippen LogP contribution in [0.1, 0.15) is 53.4 Å². The van der Waals surface area contributed by atoms with Gasteiger partial charge >= 0.3 is 8.56 Å². The lowest BCUT2D eigenvalue weighted by molar-refractivity contribution is 0.247. The minimum Gasteiger partial charge on any atom is -0.398 e.